The fourth-order valence-electron chi connectivity index (χ4n) is 2.96. The monoisotopic (exact) mass is 336 g/mol. The number of aryl methyl sites for hydroxylation is 1. The molecule has 4 aromatic rings. The molecule has 5 heteroatoms. The lowest BCUT2D eigenvalue weighted by atomic mass is 10.1. The quantitative estimate of drug-likeness (QED) is 0.551. The minimum Gasteiger partial charge on any atom is -0.495 e. The molecule has 4 rings (SSSR count). The molecular weight excluding hydrogens is 320 g/mol. The Morgan fingerprint density at radius 3 is 2.60 bits per heavy atom. The highest BCUT2D eigenvalue weighted by Crippen LogP contribution is 2.42. The van der Waals surface area contributed by atoms with E-state index in [1.54, 1.807) is 19.3 Å². The van der Waals surface area contributed by atoms with Crippen LogP contribution in [-0.2, 0) is 6.61 Å². The Hall–Kier alpha value is -3.21. The molecule has 0 bridgehead atoms. The smallest absolute Gasteiger partial charge is 0.206 e. The summed E-state index contributed by atoms with van der Waals surface area (Å²) in [5, 5.41) is 1.03. The molecule has 5 nitrogen and oxygen atoms in total. The summed E-state index contributed by atoms with van der Waals surface area (Å²) in [4.78, 5) is 12.5. The van der Waals surface area contributed by atoms with E-state index in [0.29, 0.717) is 45.8 Å². The summed E-state index contributed by atoms with van der Waals surface area (Å²) < 4.78 is 22.9. The lowest BCUT2D eigenvalue weighted by molar-refractivity contribution is 0.303. The van der Waals surface area contributed by atoms with Gasteiger partial charge in [-0.05, 0) is 18.6 Å². The summed E-state index contributed by atoms with van der Waals surface area (Å²) in [6.07, 6.45) is 1.54. The van der Waals surface area contributed by atoms with Crippen LogP contribution in [0, 0.1) is 6.92 Å². The molecule has 0 fully saturated rings. The summed E-state index contributed by atoms with van der Waals surface area (Å²) >= 11 is 0. The molecule has 0 unspecified atom stereocenters. The van der Waals surface area contributed by atoms with Crippen LogP contribution in [0.5, 0.6) is 11.5 Å². The van der Waals surface area contributed by atoms with E-state index in [-0.39, 0.29) is 5.43 Å². The van der Waals surface area contributed by atoms with Crippen LogP contribution in [0.15, 0.2) is 62.4 Å². The van der Waals surface area contributed by atoms with Gasteiger partial charge in [-0.25, -0.2) is 0 Å². The molecular formula is C20H16O5. The zero-order valence-corrected chi connectivity index (χ0v) is 13.9. The molecule has 2 aromatic heterocycles. The lowest BCUT2D eigenvalue weighted by Gasteiger charge is -2.12. The fourth-order valence-corrected chi connectivity index (χ4v) is 2.96. The standard InChI is InChI=1S/C20H16O5/c1-12-10-15(21)16-17(22-2)14-8-9-23-18(14)20(19(16)25-12)24-11-13-6-4-3-5-7-13/h3-10H,11H2,1-2H3. The third kappa shape index (κ3) is 2.54. The number of hydrogen-bond donors (Lipinski definition) is 0. The lowest BCUT2D eigenvalue weighted by Crippen LogP contribution is -2.05. The highest BCUT2D eigenvalue weighted by molar-refractivity contribution is 6.06. The second-order valence-corrected chi connectivity index (χ2v) is 5.73. The van der Waals surface area contributed by atoms with Crippen LogP contribution in [0.3, 0.4) is 0 Å². The van der Waals surface area contributed by atoms with E-state index in [0.717, 1.165) is 5.56 Å². The number of furan rings is 1. The SMILES string of the molecule is COc1c2ccoc2c(OCc2ccccc2)c2oc(C)cc(=O)c12. The fraction of sp³-hybridized carbons (Fsp3) is 0.150. The first-order chi connectivity index (χ1) is 12.2. The van der Waals surface area contributed by atoms with E-state index in [9.17, 15) is 4.79 Å². The first kappa shape index (κ1) is 15.3. The van der Waals surface area contributed by atoms with E-state index >= 15 is 0 Å². The van der Waals surface area contributed by atoms with Crippen molar-refractivity contribution in [2.75, 3.05) is 7.11 Å². The normalized spacial score (nSPS) is 11.1. The van der Waals surface area contributed by atoms with E-state index in [4.69, 9.17) is 18.3 Å². The molecule has 0 atom stereocenters. The van der Waals surface area contributed by atoms with Crippen molar-refractivity contribution in [3.05, 3.63) is 70.3 Å². The first-order valence-corrected chi connectivity index (χ1v) is 7.87. The van der Waals surface area contributed by atoms with Crippen molar-refractivity contribution >= 4 is 21.9 Å². The Morgan fingerprint density at radius 2 is 1.84 bits per heavy atom. The van der Waals surface area contributed by atoms with Crippen LogP contribution in [0.25, 0.3) is 21.9 Å². The van der Waals surface area contributed by atoms with Gasteiger partial charge in [0.05, 0.1) is 18.8 Å². The average molecular weight is 336 g/mol. The first-order valence-electron chi connectivity index (χ1n) is 7.87. The van der Waals surface area contributed by atoms with Gasteiger partial charge >= 0.3 is 0 Å². The molecule has 0 amide bonds. The van der Waals surface area contributed by atoms with Crippen LogP contribution in [0.2, 0.25) is 0 Å². The number of methoxy groups -OCH3 is 1. The Morgan fingerprint density at radius 1 is 1.04 bits per heavy atom. The second kappa shape index (κ2) is 6.02. The highest BCUT2D eigenvalue weighted by atomic mass is 16.5. The maximum atomic E-state index is 12.5. The molecule has 0 aliphatic carbocycles. The van der Waals surface area contributed by atoms with Crippen LogP contribution in [0.1, 0.15) is 11.3 Å². The summed E-state index contributed by atoms with van der Waals surface area (Å²) in [5.74, 6) is 1.33. The highest BCUT2D eigenvalue weighted by Gasteiger charge is 2.22. The molecule has 25 heavy (non-hydrogen) atoms. The number of rotatable bonds is 4. The van der Waals surface area contributed by atoms with Crippen molar-refractivity contribution in [1.29, 1.82) is 0 Å². The van der Waals surface area contributed by atoms with E-state index in [1.165, 1.54) is 13.2 Å². The minimum atomic E-state index is -0.178. The zero-order chi connectivity index (χ0) is 17.4. The Bertz CT molecular complexity index is 1110. The van der Waals surface area contributed by atoms with Crippen LogP contribution in [-0.4, -0.2) is 7.11 Å². The van der Waals surface area contributed by atoms with Gasteiger partial charge in [-0.2, -0.15) is 0 Å². The topological polar surface area (TPSA) is 61.8 Å². The maximum Gasteiger partial charge on any atom is 0.206 e. The Labute approximate surface area is 143 Å². The van der Waals surface area contributed by atoms with Gasteiger partial charge in [-0.15, -0.1) is 0 Å². The summed E-state index contributed by atoms with van der Waals surface area (Å²) in [6, 6.07) is 13.0. The van der Waals surface area contributed by atoms with Gasteiger partial charge in [0, 0.05) is 6.07 Å². The Kier molecular flexibility index (Phi) is 3.69. The number of benzene rings is 2. The van der Waals surface area contributed by atoms with Crippen molar-refractivity contribution < 1.29 is 18.3 Å². The van der Waals surface area contributed by atoms with Crippen molar-refractivity contribution in [3.8, 4) is 11.5 Å². The van der Waals surface area contributed by atoms with Gasteiger partial charge in [-0.1, -0.05) is 30.3 Å². The van der Waals surface area contributed by atoms with Crippen molar-refractivity contribution in [3.63, 3.8) is 0 Å². The molecule has 0 N–H and O–H groups in total. The van der Waals surface area contributed by atoms with Crippen LogP contribution >= 0.6 is 0 Å². The molecule has 0 aliphatic rings. The van der Waals surface area contributed by atoms with Gasteiger partial charge in [0.15, 0.2) is 16.6 Å². The number of hydrogen-bond acceptors (Lipinski definition) is 5. The second-order valence-electron chi connectivity index (χ2n) is 5.73. The molecule has 0 aliphatic heterocycles. The summed E-state index contributed by atoms with van der Waals surface area (Å²) in [7, 11) is 1.52. The number of fused-ring (bicyclic) bond motifs is 2. The van der Waals surface area contributed by atoms with Crippen molar-refractivity contribution in [1.82, 2.24) is 0 Å². The average Bonchev–Trinajstić information content (AvgIpc) is 3.09. The molecule has 2 aromatic carbocycles. The van der Waals surface area contributed by atoms with Gasteiger partial charge in [-0.3, -0.25) is 4.79 Å². The van der Waals surface area contributed by atoms with Gasteiger partial charge in [0.2, 0.25) is 5.75 Å². The molecule has 0 radical (unpaired) electrons. The predicted octanol–water partition coefficient (Wildman–Crippen LogP) is 4.44. The molecule has 0 saturated heterocycles. The van der Waals surface area contributed by atoms with Crippen LogP contribution < -0.4 is 14.9 Å². The Balaban J connectivity index is 1.97. The molecule has 0 spiro atoms. The number of ether oxygens (including phenoxy) is 2. The van der Waals surface area contributed by atoms with Crippen LogP contribution in [0.4, 0.5) is 0 Å². The molecule has 2 heterocycles. The predicted molar refractivity (Wildman–Crippen MR) is 94.3 cm³/mol. The van der Waals surface area contributed by atoms with Gasteiger partial charge in [0.1, 0.15) is 23.5 Å². The molecule has 126 valence electrons. The van der Waals surface area contributed by atoms with E-state index < -0.39 is 0 Å². The summed E-state index contributed by atoms with van der Waals surface area (Å²) in [6.45, 7) is 2.05. The minimum absolute atomic E-state index is 0.178. The van der Waals surface area contributed by atoms with Gasteiger partial charge in [0.25, 0.3) is 0 Å². The van der Waals surface area contributed by atoms with E-state index in [1.807, 2.05) is 30.3 Å². The maximum absolute atomic E-state index is 12.5. The largest absolute Gasteiger partial charge is 0.495 e. The van der Waals surface area contributed by atoms with Gasteiger partial charge < -0.3 is 18.3 Å². The van der Waals surface area contributed by atoms with Crippen molar-refractivity contribution in [2.24, 2.45) is 0 Å². The van der Waals surface area contributed by atoms with E-state index in [2.05, 4.69) is 0 Å². The third-order valence-electron chi connectivity index (χ3n) is 4.05. The molecule has 0 saturated carbocycles. The third-order valence-corrected chi connectivity index (χ3v) is 4.05. The van der Waals surface area contributed by atoms with Crippen molar-refractivity contribution in [2.45, 2.75) is 13.5 Å². The summed E-state index contributed by atoms with van der Waals surface area (Å²) in [5.41, 5.74) is 1.65. The zero-order valence-electron chi connectivity index (χ0n) is 13.9.